The van der Waals surface area contributed by atoms with Gasteiger partial charge in [-0.2, -0.15) is 0 Å². The molecule has 0 unspecified atom stereocenters. The van der Waals surface area contributed by atoms with E-state index < -0.39 is 5.97 Å². The summed E-state index contributed by atoms with van der Waals surface area (Å²) in [5, 5.41) is 9.16. The Bertz CT molecular complexity index is 720. The number of carboxylic acids is 1. The van der Waals surface area contributed by atoms with Crippen LogP contribution in [-0.2, 0) is 4.79 Å². The molecule has 0 saturated carbocycles. The second-order valence-corrected chi connectivity index (χ2v) is 5.21. The molecule has 2 aromatic carbocycles. The third-order valence-electron chi connectivity index (χ3n) is 3.00. The van der Waals surface area contributed by atoms with E-state index in [2.05, 4.69) is 0 Å². The first-order valence-corrected chi connectivity index (χ1v) is 7.35. The Morgan fingerprint density at radius 1 is 1.13 bits per heavy atom. The highest BCUT2D eigenvalue weighted by Crippen LogP contribution is 2.16. The van der Waals surface area contributed by atoms with Crippen molar-refractivity contribution in [3.05, 3.63) is 70.8 Å². The summed E-state index contributed by atoms with van der Waals surface area (Å²) in [6.45, 7) is 0.103. The normalized spacial score (nSPS) is 10.7. The fourth-order valence-electron chi connectivity index (χ4n) is 1.85. The monoisotopic (exact) mass is 330 g/mol. The maximum atomic E-state index is 12.0. The van der Waals surface area contributed by atoms with Crippen molar-refractivity contribution in [2.75, 3.05) is 6.61 Å². The molecule has 118 valence electrons. The van der Waals surface area contributed by atoms with E-state index >= 15 is 0 Å². The molecular formula is C18H15ClO4. The molecule has 0 spiro atoms. The number of carbonyl (C=O) groups excluding carboxylic acids is 1. The van der Waals surface area contributed by atoms with E-state index in [0.717, 1.165) is 5.56 Å². The van der Waals surface area contributed by atoms with Gasteiger partial charge in [-0.15, -0.1) is 0 Å². The molecule has 1 N–H and O–H groups in total. The van der Waals surface area contributed by atoms with Gasteiger partial charge in [0.15, 0.2) is 5.78 Å². The van der Waals surface area contributed by atoms with Gasteiger partial charge in [0.2, 0.25) is 0 Å². The molecule has 0 atom stereocenters. The molecule has 0 saturated heterocycles. The number of ketones is 1. The number of allylic oxidation sites excluding steroid dienone is 1. The van der Waals surface area contributed by atoms with Crippen LogP contribution in [0.5, 0.6) is 5.75 Å². The summed E-state index contributed by atoms with van der Waals surface area (Å²) < 4.78 is 5.35. The minimum absolute atomic E-state index is 0.0604. The number of carbonyl (C=O) groups is 2. The summed E-state index contributed by atoms with van der Waals surface area (Å²) in [5.74, 6) is -0.471. The lowest BCUT2D eigenvalue weighted by Gasteiger charge is -2.05. The van der Waals surface area contributed by atoms with E-state index in [1.807, 2.05) is 6.07 Å². The highest BCUT2D eigenvalue weighted by atomic mass is 35.5. The van der Waals surface area contributed by atoms with Crippen LogP contribution >= 0.6 is 11.6 Å². The van der Waals surface area contributed by atoms with E-state index in [1.54, 1.807) is 48.5 Å². The number of ether oxygens (including phenoxy) is 1. The van der Waals surface area contributed by atoms with E-state index in [1.165, 1.54) is 6.08 Å². The molecule has 0 aliphatic rings. The first kappa shape index (κ1) is 16.8. The molecule has 4 nitrogen and oxygen atoms in total. The van der Waals surface area contributed by atoms with Crippen molar-refractivity contribution in [3.63, 3.8) is 0 Å². The molecule has 5 heteroatoms. The molecule has 23 heavy (non-hydrogen) atoms. The quantitative estimate of drug-likeness (QED) is 0.613. The molecule has 0 radical (unpaired) electrons. The van der Waals surface area contributed by atoms with Crippen LogP contribution in [0.25, 0.3) is 6.08 Å². The van der Waals surface area contributed by atoms with E-state index in [0.29, 0.717) is 16.3 Å². The summed E-state index contributed by atoms with van der Waals surface area (Å²) in [5.41, 5.74) is 1.35. The third-order valence-corrected chi connectivity index (χ3v) is 3.25. The van der Waals surface area contributed by atoms with Crippen LogP contribution in [0.2, 0.25) is 5.02 Å². The maximum absolute atomic E-state index is 12.0. The molecule has 0 aliphatic heterocycles. The first-order chi connectivity index (χ1) is 11.0. The number of rotatable bonds is 7. The van der Waals surface area contributed by atoms with Crippen LogP contribution in [0.1, 0.15) is 22.3 Å². The third kappa shape index (κ3) is 5.60. The van der Waals surface area contributed by atoms with Gasteiger partial charge in [0.1, 0.15) is 5.75 Å². The van der Waals surface area contributed by atoms with Crippen molar-refractivity contribution in [1.29, 1.82) is 0 Å². The summed E-state index contributed by atoms with van der Waals surface area (Å²) in [6, 6.07) is 13.8. The van der Waals surface area contributed by atoms with Crippen molar-refractivity contribution < 1.29 is 19.4 Å². The average Bonchev–Trinajstić information content (AvgIpc) is 2.53. The lowest BCUT2D eigenvalue weighted by molar-refractivity contribution is -0.137. The zero-order valence-corrected chi connectivity index (χ0v) is 13.0. The number of carboxylic acid groups (broad SMARTS) is 1. The van der Waals surface area contributed by atoms with Gasteiger partial charge in [0, 0.05) is 10.6 Å². The highest BCUT2D eigenvalue weighted by Gasteiger charge is 2.02. The molecular weight excluding hydrogens is 316 g/mol. The SMILES string of the molecule is O=C(O)CCOc1cccc(/C=C/C(=O)c2ccc(Cl)cc2)c1. The van der Waals surface area contributed by atoms with Crippen molar-refractivity contribution >= 4 is 29.4 Å². The fraction of sp³-hybridized carbons (Fsp3) is 0.111. The standard InChI is InChI=1S/C18H15ClO4/c19-15-7-5-14(6-8-15)17(20)9-4-13-2-1-3-16(12-13)23-11-10-18(21)22/h1-9,12H,10-11H2,(H,21,22)/b9-4+. The van der Waals surface area contributed by atoms with Crippen LogP contribution in [0.4, 0.5) is 0 Å². The van der Waals surface area contributed by atoms with Gasteiger partial charge in [-0.05, 0) is 48.0 Å². The Balaban J connectivity index is 2.00. The van der Waals surface area contributed by atoms with Crippen LogP contribution in [0.15, 0.2) is 54.6 Å². The first-order valence-electron chi connectivity index (χ1n) is 6.97. The van der Waals surface area contributed by atoms with Crippen LogP contribution in [0, 0.1) is 0 Å². The Hall–Kier alpha value is -2.59. The largest absolute Gasteiger partial charge is 0.493 e. The predicted octanol–water partition coefficient (Wildman–Crippen LogP) is 4.09. The summed E-state index contributed by atoms with van der Waals surface area (Å²) >= 11 is 5.79. The van der Waals surface area contributed by atoms with E-state index in [4.69, 9.17) is 21.4 Å². The lowest BCUT2D eigenvalue weighted by Crippen LogP contribution is -2.04. The molecule has 0 fully saturated rings. The number of aliphatic carboxylic acids is 1. The Morgan fingerprint density at radius 3 is 2.57 bits per heavy atom. The molecule has 0 heterocycles. The molecule has 2 rings (SSSR count). The molecule has 0 aliphatic carbocycles. The van der Waals surface area contributed by atoms with Crippen molar-refractivity contribution in [1.82, 2.24) is 0 Å². The highest BCUT2D eigenvalue weighted by molar-refractivity contribution is 6.30. The Kier molecular flexibility index (Phi) is 5.94. The second kappa shape index (κ2) is 8.15. The number of halogens is 1. The number of hydrogen-bond acceptors (Lipinski definition) is 3. The lowest BCUT2D eigenvalue weighted by atomic mass is 10.1. The maximum Gasteiger partial charge on any atom is 0.306 e. The average molecular weight is 331 g/mol. The van der Waals surface area contributed by atoms with Crippen molar-refractivity contribution in [2.24, 2.45) is 0 Å². The topological polar surface area (TPSA) is 63.6 Å². The zero-order chi connectivity index (χ0) is 16.7. The minimum atomic E-state index is -0.908. The van der Waals surface area contributed by atoms with Gasteiger partial charge < -0.3 is 9.84 Å². The van der Waals surface area contributed by atoms with E-state index in [-0.39, 0.29) is 18.8 Å². The summed E-state index contributed by atoms with van der Waals surface area (Å²) in [7, 11) is 0. The Labute approximate surface area is 139 Å². The number of hydrogen-bond donors (Lipinski definition) is 1. The zero-order valence-electron chi connectivity index (χ0n) is 12.2. The predicted molar refractivity (Wildman–Crippen MR) is 89.0 cm³/mol. The smallest absolute Gasteiger partial charge is 0.306 e. The van der Waals surface area contributed by atoms with Gasteiger partial charge in [0.05, 0.1) is 13.0 Å². The van der Waals surface area contributed by atoms with Gasteiger partial charge >= 0.3 is 5.97 Å². The number of benzene rings is 2. The molecule has 0 amide bonds. The van der Waals surface area contributed by atoms with E-state index in [9.17, 15) is 9.59 Å². The van der Waals surface area contributed by atoms with Gasteiger partial charge in [-0.3, -0.25) is 9.59 Å². The van der Waals surface area contributed by atoms with Gasteiger partial charge in [-0.25, -0.2) is 0 Å². The van der Waals surface area contributed by atoms with Crippen LogP contribution in [0.3, 0.4) is 0 Å². The van der Waals surface area contributed by atoms with Crippen LogP contribution < -0.4 is 4.74 Å². The Morgan fingerprint density at radius 2 is 1.87 bits per heavy atom. The van der Waals surface area contributed by atoms with Crippen LogP contribution in [-0.4, -0.2) is 23.5 Å². The van der Waals surface area contributed by atoms with Crippen molar-refractivity contribution in [2.45, 2.75) is 6.42 Å². The second-order valence-electron chi connectivity index (χ2n) is 4.77. The summed E-state index contributed by atoms with van der Waals surface area (Å²) in [6.07, 6.45) is 3.09. The molecule has 0 aromatic heterocycles. The van der Waals surface area contributed by atoms with Gasteiger partial charge in [-0.1, -0.05) is 29.8 Å². The molecule has 2 aromatic rings. The summed E-state index contributed by atoms with van der Waals surface area (Å²) in [4.78, 5) is 22.5. The molecule has 0 bridgehead atoms. The minimum Gasteiger partial charge on any atom is -0.493 e. The van der Waals surface area contributed by atoms with Crippen molar-refractivity contribution in [3.8, 4) is 5.75 Å². The van der Waals surface area contributed by atoms with Gasteiger partial charge in [0.25, 0.3) is 0 Å². The fourth-order valence-corrected chi connectivity index (χ4v) is 1.97.